The van der Waals surface area contributed by atoms with E-state index >= 15 is 0 Å². The minimum Gasteiger partial charge on any atom is -0.500 e. The summed E-state index contributed by atoms with van der Waals surface area (Å²) < 4.78 is 23.5. The van der Waals surface area contributed by atoms with Gasteiger partial charge in [0.05, 0.1) is 33.0 Å². The molecule has 0 unspecified atom stereocenters. The Labute approximate surface area is 175 Å². The van der Waals surface area contributed by atoms with Crippen LogP contribution in [-0.4, -0.2) is 49.5 Å². The summed E-state index contributed by atoms with van der Waals surface area (Å²) in [5.41, 5.74) is 0. The second-order valence-corrected chi connectivity index (χ2v) is 20.1. The minimum atomic E-state index is -2.04. The zero-order chi connectivity index (χ0) is 22.6. The Balaban J connectivity index is 5.79. The molecule has 0 fully saturated rings. The Morgan fingerprint density at radius 3 is 1.71 bits per heavy atom. The molecule has 5 nitrogen and oxygen atoms in total. The standard InChI is InChI=1S/C21H44O5Si2/c1-16(17(23-8)14-19(22)24-9)18(26-28(12,13)21(5,6)7)15-25-27(10,11)20(2,3)4/h14,16,18H,15H2,1-13H3/b17-14+/t16-,18-/m0/s1. The maximum atomic E-state index is 11.8. The van der Waals surface area contributed by atoms with Gasteiger partial charge in [-0.05, 0) is 36.3 Å². The van der Waals surface area contributed by atoms with Gasteiger partial charge in [-0.15, -0.1) is 0 Å². The molecule has 0 aliphatic carbocycles. The third kappa shape index (κ3) is 7.65. The molecule has 28 heavy (non-hydrogen) atoms. The van der Waals surface area contributed by atoms with Crippen LogP contribution in [0, 0.1) is 5.92 Å². The van der Waals surface area contributed by atoms with Crippen LogP contribution in [-0.2, 0) is 23.1 Å². The minimum absolute atomic E-state index is 0.0707. The van der Waals surface area contributed by atoms with Crippen LogP contribution in [0.1, 0.15) is 48.5 Å². The first-order valence-electron chi connectivity index (χ1n) is 10.0. The van der Waals surface area contributed by atoms with Gasteiger partial charge in [-0.1, -0.05) is 48.5 Å². The first-order valence-corrected chi connectivity index (χ1v) is 15.9. The number of methoxy groups -OCH3 is 2. The predicted octanol–water partition coefficient (Wildman–Crippen LogP) is 5.74. The van der Waals surface area contributed by atoms with Crippen LogP contribution in [0.3, 0.4) is 0 Å². The number of esters is 1. The summed E-state index contributed by atoms with van der Waals surface area (Å²) in [6, 6.07) is 0. The fourth-order valence-electron chi connectivity index (χ4n) is 2.08. The molecule has 0 aliphatic heterocycles. The van der Waals surface area contributed by atoms with Crippen LogP contribution in [0.2, 0.25) is 36.3 Å². The number of hydrogen-bond acceptors (Lipinski definition) is 5. The summed E-state index contributed by atoms with van der Waals surface area (Å²) in [6.07, 6.45) is 1.20. The van der Waals surface area contributed by atoms with Crippen molar-refractivity contribution in [3.63, 3.8) is 0 Å². The highest BCUT2D eigenvalue weighted by Crippen LogP contribution is 2.40. The molecular weight excluding hydrogens is 388 g/mol. The van der Waals surface area contributed by atoms with Gasteiger partial charge in [-0.2, -0.15) is 0 Å². The lowest BCUT2D eigenvalue weighted by Crippen LogP contribution is -2.49. The van der Waals surface area contributed by atoms with Gasteiger partial charge in [-0.25, -0.2) is 4.79 Å². The van der Waals surface area contributed by atoms with Gasteiger partial charge < -0.3 is 18.3 Å². The molecular formula is C21H44O5Si2. The highest BCUT2D eigenvalue weighted by atomic mass is 28.4. The zero-order valence-electron chi connectivity index (χ0n) is 20.5. The van der Waals surface area contributed by atoms with E-state index in [9.17, 15) is 4.79 Å². The maximum Gasteiger partial charge on any atom is 0.333 e. The summed E-state index contributed by atoms with van der Waals surface area (Å²) in [5, 5.41) is 0.185. The smallest absolute Gasteiger partial charge is 0.333 e. The van der Waals surface area contributed by atoms with Crippen LogP contribution < -0.4 is 0 Å². The van der Waals surface area contributed by atoms with Gasteiger partial charge in [0.25, 0.3) is 0 Å². The lowest BCUT2D eigenvalue weighted by Gasteiger charge is -2.43. The van der Waals surface area contributed by atoms with Crippen molar-refractivity contribution in [2.45, 2.75) is 90.8 Å². The van der Waals surface area contributed by atoms with Crippen molar-refractivity contribution >= 4 is 22.6 Å². The van der Waals surface area contributed by atoms with Gasteiger partial charge in [0.2, 0.25) is 0 Å². The van der Waals surface area contributed by atoms with Gasteiger partial charge in [0.15, 0.2) is 16.6 Å². The molecule has 0 aliphatic rings. The molecule has 7 heteroatoms. The fourth-order valence-corrected chi connectivity index (χ4v) is 4.47. The van der Waals surface area contributed by atoms with Crippen molar-refractivity contribution in [3.05, 3.63) is 11.8 Å². The van der Waals surface area contributed by atoms with E-state index in [-0.39, 0.29) is 22.1 Å². The van der Waals surface area contributed by atoms with Crippen molar-refractivity contribution < 1.29 is 23.1 Å². The van der Waals surface area contributed by atoms with Gasteiger partial charge in [0.1, 0.15) is 5.76 Å². The fraction of sp³-hybridized carbons (Fsp3) is 0.857. The van der Waals surface area contributed by atoms with Crippen LogP contribution in [0.15, 0.2) is 11.8 Å². The number of rotatable bonds is 9. The van der Waals surface area contributed by atoms with Crippen molar-refractivity contribution in [2.75, 3.05) is 20.8 Å². The summed E-state index contributed by atoms with van der Waals surface area (Å²) in [6.45, 7) is 24.8. The van der Waals surface area contributed by atoms with E-state index in [1.54, 1.807) is 7.11 Å². The molecule has 0 saturated carbocycles. The molecule has 0 saturated heterocycles. The Hall–Kier alpha value is -0.636. The van der Waals surface area contributed by atoms with Crippen molar-refractivity contribution in [1.29, 1.82) is 0 Å². The average molecular weight is 433 g/mol. The molecule has 0 radical (unpaired) electrons. The Morgan fingerprint density at radius 1 is 0.893 bits per heavy atom. The van der Waals surface area contributed by atoms with Crippen molar-refractivity contribution in [3.8, 4) is 0 Å². The Kier molecular flexibility index (Phi) is 9.69. The predicted molar refractivity (Wildman–Crippen MR) is 121 cm³/mol. The topological polar surface area (TPSA) is 54.0 Å². The van der Waals surface area contributed by atoms with Gasteiger partial charge in [-0.3, -0.25) is 0 Å². The first-order chi connectivity index (χ1) is 12.4. The van der Waals surface area contributed by atoms with E-state index in [0.29, 0.717) is 12.4 Å². The molecule has 0 heterocycles. The lowest BCUT2D eigenvalue weighted by atomic mass is 10.0. The third-order valence-electron chi connectivity index (χ3n) is 6.37. The third-order valence-corrected chi connectivity index (χ3v) is 15.4. The Bertz CT molecular complexity index is 542. The highest BCUT2D eigenvalue weighted by Gasteiger charge is 2.43. The average Bonchev–Trinajstić information content (AvgIpc) is 2.53. The molecule has 0 aromatic carbocycles. The largest absolute Gasteiger partial charge is 0.500 e. The summed E-state index contributed by atoms with van der Waals surface area (Å²) in [7, 11) is -1.04. The molecule has 0 rings (SSSR count). The number of ether oxygens (including phenoxy) is 2. The van der Waals surface area contributed by atoms with E-state index in [0.717, 1.165) is 0 Å². The van der Waals surface area contributed by atoms with Crippen molar-refractivity contribution in [2.24, 2.45) is 5.92 Å². The molecule has 2 atom stereocenters. The van der Waals surface area contributed by atoms with Crippen LogP contribution in [0.5, 0.6) is 0 Å². The number of carbonyl (C=O) groups excluding carboxylic acids is 1. The molecule has 0 bridgehead atoms. The highest BCUT2D eigenvalue weighted by molar-refractivity contribution is 6.74. The molecule has 166 valence electrons. The van der Waals surface area contributed by atoms with E-state index in [2.05, 4.69) is 67.7 Å². The van der Waals surface area contributed by atoms with E-state index in [4.69, 9.17) is 18.3 Å². The summed E-state index contributed by atoms with van der Waals surface area (Å²) in [4.78, 5) is 11.8. The molecule has 0 amide bonds. The van der Waals surface area contributed by atoms with E-state index in [1.807, 2.05) is 6.92 Å². The maximum absolute atomic E-state index is 11.8. The first kappa shape index (κ1) is 27.4. The van der Waals surface area contributed by atoms with Gasteiger partial charge >= 0.3 is 5.97 Å². The second-order valence-electron chi connectivity index (χ2n) is 10.6. The van der Waals surface area contributed by atoms with Crippen LogP contribution in [0.25, 0.3) is 0 Å². The summed E-state index contributed by atoms with van der Waals surface area (Å²) in [5.74, 6) is -0.0162. The molecule has 0 aromatic rings. The second kappa shape index (κ2) is 9.91. The van der Waals surface area contributed by atoms with Crippen molar-refractivity contribution in [1.82, 2.24) is 0 Å². The molecule has 0 N–H and O–H groups in total. The van der Waals surface area contributed by atoms with E-state index < -0.39 is 22.6 Å². The lowest BCUT2D eigenvalue weighted by molar-refractivity contribution is -0.135. The zero-order valence-corrected chi connectivity index (χ0v) is 22.5. The van der Waals surface area contributed by atoms with Crippen LogP contribution >= 0.6 is 0 Å². The number of carbonyl (C=O) groups is 1. The monoisotopic (exact) mass is 432 g/mol. The molecule has 0 aromatic heterocycles. The molecule has 0 spiro atoms. The SMILES string of the molecule is COC(=O)/C=C(/OC)[C@H](C)[C@H](CO[Si](C)(C)C(C)(C)C)O[Si](C)(C)C(C)(C)C. The number of hydrogen-bond donors (Lipinski definition) is 0. The van der Waals surface area contributed by atoms with Gasteiger partial charge in [0, 0.05) is 5.92 Å². The quantitative estimate of drug-likeness (QED) is 0.201. The normalized spacial score (nSPS) is 16.5. The van der Waals surface area contributed by atoms with E-state index in [1.165, 1.54) is 13.2 Å². The summed E-state index contributed by atoms with van der Waals surface area (Å²) >= 11 is 0. The Morgan fingerprint density at radius 2 is 1.36 bits per heavy atom. The van der Waals surface area contributed by atoms with Crippen LogP contribution in [0.4, 0.5) is 0 Å².